The molecule has 9 nitrogen and oxygen atoms in total. The van der Waals surface area contributed by atoms with Crippen LogP contribution in [-0.4, -0.2) is 42.7 Å². The molecule has 9 heteroatoms. The van der Waals surface area contributed by atoms with Gasteiger partial charge in [-0.15, -0.1) is 0 Å². The van der Waals surface area contributed by atoms with Gasteiger partial charge < -0.3 is 24.2 Å². The predicted octanol–water partition coefficient (Wildman–Crippen LogP) is 2.54. The number of hydrogen-bond acceptors (Lipinski definition) is 7. The molecule has 2 amide bonds. The minimum Gasteiger partial charge on any atom is -0.497 e. The molecular formula is C22H22N4O5. The van der Waals surface area contributed by atoms with Crippen molar-refractivity contribution in [1.29, 1.82) is 0 Å². The van der Waals surface area contributed by atoms with Crippen LogP contribution in [0.1, 0.15) is 34.4 Å². The van der Waals surface area contributed by atoms with Crippen molar-refractivity contribution in [3.05, 3.63) is 65.8 Å². The third kappa shape index (κ3) is 4.50. The Labute approximate surface area is 179 Å². The Kier molecular flexibility index (Phi) is 5.83. The van der Waals surface area contributed by atoms with Crippen molar-refractivity contribution in [2.75, 3.05) is 25.7 Å². The van der Waals surface area contributed by atoms with E-state index in [1.807, 2.05) is 6.07 Å². The van der Waals surface area contributed by atoms with Gasteiger partial charge in [0.05, 0.1) is 26.5 Å². The molecule has 0 radical (unpaired) electrons. The molecule has 1 fully saturated rings. The number of benzene rings is 2. The summed E-state index contributed by atoms with van der Waals surface area (Å²) in [6.45, 7) is 0.517. The topological polar surface area (TPSA) is 107 Å². The number of anilines is 1. The first-order chi connectivity index (χ1) is 15.1. The zero-order valence-electron chi connectivity index (χ0n) is 17.2. The van der Waals surface area contributed by atoms with E-state index >= 15 is 0 Å². The van der Waals surface area contributed by atoms with Gasteiger partial charge in [0.1, 0.15) is 11.5 Å². The molecule has 1 aliphatic heterocycles. The van der Waals surface area contributed by atoms with Crippen molar-refractivity contribution in [2.24, 2.45) is 0 Å². The van der Waals surface area contributed by atoms with Gasteiger partial charge in [-0.2, -0.15) is 4.98 Å². The van der Waals surface area contributed by atoms with Gasteiger partial charge in [0.25, 0.3) is 5.91 Å². The van der Waals surface area contributed by atoms with Gasteiger partial charge in [-0.25, -0.2) is 0 Å². The van der Waals surface area contributed by atoms with Crippen molar-refractivity contribution < 1.29 is 23.6 Å². The molecule has 1 saturated heterocycles. The lowest BCUT2D eigenvalue weighted by Gasteiger charge is -2.18. The highest BCUT2D eigenvalue weighted by atomic mass is 16.5. The van der Waals surface area contributed by atoms with E-state index < -0.39 is 0 Å². The molecule has 0 spiro atoms. The maximum absolute atomic E-state index is 12.6. The van der Waals surface area contributed by atoms with Crippen LogP contribution < -0.4 is 19.7 Å². The Morgan fingerprint density at radius 2 is 1.87 bits per heavy atom. The molecule has 0 bridgehead atoms. The molecule has 160 valence electrons. The van der Waals surface area contributed by atoms with E-state index in [4.69, 9.17) is 14.0 Å². The summed E-state index contributed by atoms with van der Waals surface area (Å²) in [7, 11) is 3.12. The van der Waals surface area contributed by atoms with Crippen LogP contribution in [0.15, 0.2) is 53.1 Å². The summed E-state index contributed by atoms with van der Waals surface area (Å²) in [5.41, 5.74) is 1.23. The summed E-state index contributed by atoms with van der Waals surface area (Å²) in [4.78, 5) is 30.8. The highest BCUT2D eigenvalue weighted by molar-refractivity contribution is 5.96. The largest absolute Gasteiger partial charge is 0.497 e. The van der Waals surface area contributed by atoms with Crippen molar-refractivity contribution >= 4 is 17.5 Å². The fourth-order valence-electron chi connectivity index (χ4n) is 3.43. The standard InChI is InChI=1S/C22H22N4O5/c1-29-17-9-16(10-18(11-17)30-2)26-13-15(8-20(26)27)21-24-19(31-25-21)12-23-22(28)14-6-4-3-5-7-14/h3-7,9-11,15H,8,12-13H2,1-2H3,(H,23,28). The van der Waals surface area contributed by atoms with Crippen LogP contribution in [0.2, 0.25) is 0 Å². The van der Waals surface area contributed by atoms with E-state index in [1.54, 1.807) is 61.6 Å². The number of nitrogens with zero attached hydrogens (tertiary/aromatic N) is 3. The van der Waals surface area contributed by atoms with E-state index in [9.17, 15) is 9.59 Å². The van der Waals surface area contributed by atoms with E-state index in [2.05, 4.69) is 15.5 Å². The van der Waals surface area contributed by atoms with Crippen LogP contribution >= 0.6 is 0 Å². The summed E-state index contributed by atoms with van der Waals surface area (Å²) in [6, 6.07) is 14.2. The number of hydrogen-bond donors (Lipinski definition) is 1. The number of nitrogens with one attached hydrogen (secondary N) is 1. The van der Waals surface area contributed by atoms with E-state index in [0.717, 1.165) is 0 Å². The zero-order valence-corrected chi connectivity index (χ0v) is 17.2. The van der Waals surface area contributed by atoms with Crippen LogP contribution in [0.4, 0.5) is 5.69 Å². The maximum atomic E-state index is 12.6. The number of rotatable bonds is 7. The second-order valence-corrected chi connectivity index (χ2v) is 7.07. The third-order valence-electron chi connectivity index (χ3n) is 5.06. The minimum atomic E-state index is -0.227. The molecule has 31 heavy (non-hydrogen) atoms. The Balaban J connectivity index is 1.42. The third-order valence-corrected chi connectivity index (χ3v) is 5.06. The molecule has 1 aliphatic rings. The Morgan fingerprint density at radius 3 is 2.55 bits per heavy atom. The fourth-order valence-corrected chi connectivity index (χ4v) is 3.43. The van der Waals surface area contributed by atoms with Gasteiger partial charge in [-0.1, -0.05) is 23.4 Å². The number of amides is 2. The van der Waals surface area contributed by atoms with Crippen LogP contribution in [0.5, 0.6) is 11.5 Å². The molecule has 1 unspecified atom stereocenters. The molecule has 0 aliphatic carbocycles. The first-order valence-corrected chi connectivity index (χ1v) is 9.76. The van der Waals surface area contributed by atoms with Gasteiger partial charge in [0.15, 0.2) is 5.82 Å². The number of aromatic nitrogens is 2. The number of carbonyl (C=O) groups is 2. The maximum Gasteiger partial charge on any atom is 0.251 e. The molecule has 3 aromatic rings. The summed E-state index contributed by atoms with van der Waals surface area (Å²) >= 11 is 0. The molecular weight excluding hydrogens is 400 g/mol. The number of ether oxygens (including phenoxy) is 2. The predicted molar refractivity (Wildman–Crippen MR) is 111 cm³/mol. The van der Waals surface area contributed by atoms with Crippen molar-refractivity contribution in [3.63, 3.8) is 0 Å². The monoisotopic (exact) mass is 422 g/mol. The highest BCUT2D eigenvalue weighted by Gasteiger charge is 2.35. The van der Waals surface area contributed by atoms with Crippen LogP contribution in [0, 0.1) is 0 Å². The first-order valence-electron chi connectivity index (χ1n) is 9.76. The first kappa shape index (κ1) is 20.4. The van der Waals surface area contributed by atoms with E-state index in [1.165, 1.54) is 0 Å². The summed E-state index contributed by atoms with van der Waals surface area (Å²) in [6.07, 6.45) is 0.259. The quantitative estimate of drug-likeness (QED) is 0.623. The average Bonchev–Trinajstić information content (AvgIpc) is 3.44. The molecule has 2 aromatic carbocycles. The normalized spacial score (nSPS) is 15.7. The number of methoxy groups -OCH3 is 2. The second-order valence-electron chi connectivity index (χ2n) is 7.07. The van der Waals surface area contributed by atoms with Gasteiger partial charge >= 0.3 is 0 Å². The van der Waals surface area contributed by atoms with Crippen molar-refractivity contribution in [3.8, 4) is 11.5 Å². The smallest absolute Gasteiger partial charge is 0.251 e. The zero-order chi connectivity index (χ0) is 21.8. The lowest BCUT2D eigenvalue weighted by atomic mass is 10.1. The van der Waals surface area contributed by atoms with E-state index in [0.29, 0.717) is 35.1 Å². The Bertz CT molecular complexity index is 1060. The summed E-state index contributed by atoms with van der Waals surface area (Å²) in [5, 5.41) is 6.76. The Morgan fingerprint density at radius 1 is 1.16 bits per heavy atom. The van der Waals surface area contributed by atoms with Crippen molar-refractivity contribution in [2.45, 2.75) is 18.9 Å². The van der Waals surface area contributed by atoms with Crippen LogP contribution in [0.25, 0.3) is 0 Å². The molecule has 0 saturated carbocycles. The summed E-state index contributed by atoms with van der Waals surface area (Å²) < 4.78 is 15.9. The average molecular weight is 422 g/mol. The van der Waals surface area contributed by atoms with Crippen LogP contribution in [0.3, 0.4) is 0 Å². The lowest BCUT2D eigenvalue weighted by molar-refractivity contribution is -0.117. The molecule has 1 atom stereocenters. The van der Waals surface area contributed by atoms with Gasteiger partial charge in [0.2, 0.25) is 11.8 Å². The van der Waals surface area contributed by atoms with Crippen molar-refractivity contribution in [1.82, 2.24) is 15.5 Å². The lowest BCUT2D eigenvalue weighted by Crippen LogP contribution is -2.24. The number of carbonyl (C=O) groups excluding carboxylic acids is 2. The van der Waals surface area contributed by atoms with Crippen LogP contribution in [-0.2, 0) is 11.3 Å². The van der Waals surface area contributed by atoms with Gasteiger partial charge in [-0.05, 0) is 12.1 Å². The fraction of sp³-hybridized carbons (Fsp3) is 0.273. The SMILES string of the molecule is COc1cc(OC)cc(N2CC(c3noc(CNC(=O)c4ccccc4)n3)CC2=O)c1. The minimum absolute atomic E-state index is 0.0518. The van der Waals surface area contributed by atoms with Gasteiger partial charge in [0, 0.05) is 42.6 Å². The molecule has 4 rings (SSSR count). The molecule has 1 N–H and O–H groups in total. The summed E-state index contributed by atoms with van der Waals surface area (Å²) in [5.74, 6) is 1.43. The second kappa shape index (κ2) is 8.86. The molecule has 1 aromatic heterocycles. The van der Waals surface area contributed by atoms with Gasteiger partial charge in [-0.3, -0.25) is 9.59 Å². The van der Waals surface area contributed by atoms with E-state index in [-0.39, 0.29) is 36.6 Å². The highest BCUT2D eigenvalue weighted by Crippen LogP contribution is 2.34. The molecule has 2 heterocycles. The Hall–Kier alpha value is -3.88.